The number of nitrogens with zero attached hydrogens (tertiary/aromatic N) is 3. The van der Waals surface area contributed by atoms with Gasteiger partial charge in [-0.25, -0.2) is 0 Å². The van der Waals surface area contributed by atoms with Crippen molar-refractivity contribution in [2.45, 2.75) is 38.0 Å². The predicted octanol–water partition coefficient (Wildman–Crippen LogP) is 2.58. The maximum atomic E-state index is 12.4. The highest BCUT2D eigenvalue weighted by molar-refractivity contribution is 6.30. The van der Waals surface area contributed by atoms with Crippen LogP contribution < -0.4 is 5.32 Å². The summed E-state index contributed by atoms with van der Waals surface area (Å²) < 4.78 is 1.78. The van der Waals surface area contributed by atoms with Gasteiger partial charge in [0.25, 0.3) is 0 Å². The Morgan fingerprint density at radius 1 is 1.33 bits per heavy atom. The highest BCUT2D eigenvalue weighted by atomic mass is 35.5. The summed E-state index contributed by atoms with van der Waals surface area (Å²) in [5, 5.41) is 19.1. The van der Waals surface area contributed by atoms with Crippen LogP contribution >= 0.6 is 11.6 Å². The fourth-order valence-electron chi connectivity index (χ4n) is 3.79. The third-order valence-corrected chi connectivity index (χ3v) is 5.25. The average molecular weight is 385 g/mol. The largest absolute Gasteiger partial charge is 0.391 e. The van der Waals surface area contributed by atoms with Crippen molar-refractivity contribution in [1.82, 2.24) is 20.1 Å². The molecule has 140 valence electrons. The summed E-state index contributed by atoms with van der Waals surface area (Å²) in [4.78, 5) is 16.8. The van der Waals surface area contributed by atoms with E-state index in [1.807, 2.05) is 30.3 Å². The summed E-state index contributed by atoms with van der Waals surface area (Å²) in [6.07, 6.45) is 6.22. The number of amides is 1. The molecular formula is C20H21ClN4O2. The van der Waals surface area contributed by atoms with Crippen molar-refractivity contribution in [3.8, 4) is 0 Å². The lowest BCUT2D eigenvalue weighted by atomic mass is 10.1. The van der Waals surface area contributed by atoms with Crippen LogP contribution in [-0.4, -0.2) is 37.9 Å². The number of benzene rings is 1. The number of hydrogen-bond acceptors (Lipinski definition) is 4. The minimum atomic E-state index is -0.539. The van der Waals surface area contributed by atoms with E-state index < -0.39 is 6.10 Å². The van der Waals surface area contributed by atoms with Crippen LogP contribution in [0.1, 0.15) is 18.4 Å². The van der Waals surface area contributed by atoms with Crippen LogP contribution in [0.2, 0.25) is 5.02 Å². The molecule has 3 atom stereocenters. The molecule has 0 aliphatic heterocycles. The van der Waals surface area contributed by atoms with Crippen molar-refractivity contribution in [1.29, 1.82) is 0 Å². The number of carbonyl (C=O) groups is 1. The lowest BCUT2D eigenvalue weighted by molar-refractivity contribution is -0.121. The van der Waals surface area contributed by atoms with Crippen LogP contribution in [0.3, 0.4) is 0 Å². The number of rotatable bonds is 5. The van der Waals surface area contributed by atoms with Gasteiger partial charge in [-0.05, 0) is 36.5 Å². The summed E-state index contributed by atoms with van der Waals surface area (Å²) in [5.41, 5.74) is 1.79. The van der Waals surface area contributed by atoms with Gasteiger partial charge in [-0.3, -0.25) is 14.5 Å². The number of carbonyl (C=O) groups excluding carboxylic acids is 1. The summed E-state index contributed by atoms with van der Waals surface area (Å²) >= 11 is 5.89. The first kappa shape index (κ1) is 17.9. The van der Waals surface area contributed by atoms with Gasteiger partial charge in [0.15, 0.2) is 0 Å². The Labute approximate surface area is 162 Å². The molecule has 1 saturated carbocycles. The van der Waals surface area contributed by atoms with Gasteiger partial charge in [0.05, 0.1) is 35.3 Å². The molecule has 1 aliphatic rings. The van der Waals surface area contributed by atoms with Crippen molar-refractivity contribution in [2.24, 2.45) is 5.92 Å². The number of aliphatic hydroxyl groups excluding tert-OH is 1. The Morgan fingerprint density at radius 3 is 3.04 bits per heavy atom. The Morgan fingerprint density at radius 2 is 2.22 bits per heavy atom. The van der Waals surface area contributed by atoms with Gasteiger partial charge in [-0.1, -0.05) is 29.8 Å². The maximum absolute atomic E-state index is 12.4. The van der Waals surface area contributed by atoms with Crippen molar-refractivity contribution >= 4 is 28.4 Å². The first-order valence-corrected chi connectivity index (χ1v) is 9.43. The second kappa shape index (κ2) is 7.66. The molecule has 1 amide bonds. The molecule has 1 aliphatic carbocycles. The van der Waals surface area contributed by atoms with Crippen molar-refractivity contribution in [3.05, 3.63) is 59.5 Å². The average Bonchev–Trinajstić information content (AvgIpc) is 3.20. The van der Waals surface area contributed by atoms with Gasteiger partial charge in [0, 0.05) is 24.3 Å². The summed E-state index contributed by atoms with van der Waals surface area (Å²) in [5.74, 6) is 0.170. The van der Waals surface area contributed by atoms with Crippen LogP contribution in [0, 0.1) is 5.92 Å². The Hall–Kier alpha value is -2.44. The molecule has 6 nitrogen and oxygen atoms in total. The van der Waals surface area contributed by atoms with Crippen LogP contribution in [0.25, 0.3) is 10.9 Å². The SMILES string of the molecule is O=C(Cc1ccc2cccnc2c1)N[C@@H]1CC(Cn2cc(Cl)cn2)C[C@H]1O. The molecular weight excluding hydrogens is 364 g/mol. The third-order valence-electron chi connectivity index (χ3n) is 5.05. The van der Waals surface area contributed by atoms with Crippen molar-refractivity contribution in [3.63, 3.8) is 0 Å². The minimum absolute atomic E-state index is 0.0860. The lowest BCUT2D eigenvalue weighted by Gasteiger charge is -2.16. The van der Waals surface area contributed by atoms with E-state index in [4.69, 9.17) is 11.6 Å². The second-order valence-electron chi connectivity index (χ2n) is 7.17. The number of aliphatic hydroxyl groups is 1. The van der Waals surface area contributed by atoms with E-state index in [2.05, 4.69) is 15.4 Å². The minimum Gasteiger partial charge on any atom is -0.391 e. The van der Waals surface area contributed by atoms with E-state index in [-0.39, 0.29) is 24.3 Å². The number of nitrogens with one attached hydrogen (secondary N) is 1. The van der Waals surface area contributed by atoms with Crippen molar-refractivity contribution < 1.29 is 9.90 Å². The van der Waals surface area contributed by atoms with E-state index in [0.717, 1.165) is 22.9 Å². The molecule has 3 aromatic rings. The smallest absolute Gasteiger partial charge is 0.224 e. The van der Waals surface area contributed by atoms with E-state index in [0.29, 0.717) is 18.0 Å². The van der Waals surface area contributed by atoms with E-state index in [9.17, 15) is 9.90 Å². The summed E-state index contributed by atoms with van der Waals surface area (Å²) in [7, 11) is 0. The summed E-state index contributed by atoms with van der Waals surface area (Å²) in [6, 6.07) is 9.51. The number of halogens is 1. The molecule has 0 saturated heterocycles. The monoisotopic (exact) mass is 384 g/mol. The highest BCUT2D eigenvalue weighted by Gasteiger charge is 2.34. The zero-order valence-electron chi connectivity index (χ0n) is 14.8. The Bertz CT molecular complexity index is 958. The molecule has 7 heteroatoms. The standard InChI is InChI=1S/C20H21ClN4O2/c21-16-10-23-25(12-16)11-14-7-18(19(26)8-14)24-20(27)9-13-3-4-15-2-1-5-22-17(15)6-13/h1-6,10,12,14,18-19,26H,7-9,11H2,(H,24,27)/t14?,18-,19-/m1/s1. The fraction of sp³-hybridized carbons (Fsp3) is 0.350. The van der Waals surface area contributed by atoms with Crippen LogP contribution in [0.15, 0.2) is 48.9 Å². The van der Waals surface area contributed by atoms with Crippen molar-refractivity contribution in [2.75, 3.05) is 0 Å². The Balaban J connectivity index is 1.34. The molecule has 1 unspecified atom stereocenters. The third kappa shape index (κ3) is 4.28. The number of aromatic nitrogens is 3. The van der Waals surface area contributed by atoms with Gasteiger partial charge in [-0.15, -0.1) is 0 Å². The number of fused-ring (bicyclic) bond motifs is 1. The van der Waals surface area contributed by atoms with Gasteiger partial charge in [0.2, 0.25) is 5.91 Å². The molecule has 4 rings (SSSR count). The normalized spacial score (nSPS) is 22.2. The predicted molar refractivity (Wildman–Crippen MR) is 103 cm³/mol. The molecule has 27 heavy (non-hydrogen) atoms. The first-order chi connectivity index (χ1) is 13.1. The maximum Gasteiger partial charge on any atom is 0.224 e. The quantitative estimate of drug-likeness (QED) is 0.708. The molecule has 0 bridgehead atoms. The summed E-state index contributed by atoms with van der Waals surface area (Å²) in [6.45, 7) is 0.687. The van der Waals surface area contributed by atoms with Crippen LogP contribution in [-0.2, 0) is 17.8 Å². The molecule has 2 heterocycles. The van der Waals surface area contributed by atoms with E-state index in [1.54, 1.807) is 23.3 Å². The van der Waals surface area contributed by atoms with Crippen LogP contribution in [0.5, 0.6) is 0 Å². The number of hydrogen-bond donors (Lipinski definition) is 2. The van der Waals surface area contributed by atoms with Gasteiger partial charge in [0.1, 0.15) is 0 Å². The number of pyridine rings is 1. The topological polar surface area (TPSA) is 80.0 Å². The highest BCUT2D eigenvalue weighted by Crippen LogP contribution is 2.28. The lowest BCUT2D eigenvalue weighted by Crippen LogP contribution is -2.40. The molecule has 0 spiro atoms. The van der Waals surface area contributed by atoms with Gasteiger partial charge in [-0.2, -0.15) is 5.10 Å². The van der Waals surface area contributed by atoms with Crippen LogP contribution in [0.4, 0.5) is 0 Å². The second-order valence-corrected chi connectivity index (χ2v) is 7.60. The van der Waals surface area contributed by atoms with E-state index in [1.165, 1.54) is 0 Å². The molecule has 1 aromatic carbocycles. The van der Waals surface area contributed by atoms with E-state index >= 15 is 0 Å². The molecule has 2 aromatic heterocycles. The Kier molecular flexibility index (Phi) is 5.09. The zero-order valence-corrected chi connectivity index (χ0v) is 15.5. The van der Waals surface area contributed by atoms with Gasteiger partial charge >= 0.3 is 0 Å². The molecule has 2 N–H and O–H groups in total. The first-order valence-electron chi connectivity index (χ1n) is 9.06. The zero-order chi connectivity index (χ0) is 18.8. The van der Waals surface area contributed by atoms with Gasteiger partial charge < -0.3 is 10.4 Å². The fourth-order valence-corrected chi connectivity index (χ4v) is 3.95. The molecule has 0 radical (unpaired) electrons. The molecule has 1 fully saturated rings.